The maximum Gasteiger partial charge on any atom is 0.410 e. The minimum absolute atomic E-state index is 0.0239. The standard InChI is InChI=1S/C27H29F2N5O4S/c1-27(2,3)38-26(36)34-11-9-17(10-12-34)18-6-8-21(22(13-18)39-16-35)33(4)15-20-7-5-19(14-30-20)24-31-32-25(37-24)23(28)29/h5-9,13-14,16,23H,10-12,15H2,1-4H3. The largest absolute Gasteiger partial charge is 0.444 e. The normalized spacial score (nSPS) is 13.8. The van der Waals surface area contributed by atoms with Crippen LogP contribution in [0.5, 0.6) is 0 Å². The number of amides is 1. The molecule has 9 nitrogen and oxygen atoms in total. The second-order valence-corrected chi connectivity index (χ2v) is 10.8. The van der Waals surface area contributed by atoms with Gasteiger partial charge in [-0.3, -0.25) is 9.78 Å². The molecular formula is C27H29F2N5O4S. The van der Waals surface area contributed by atoms with Crippen LogP contribution in [0.15, 0.2) is 51.9 Å². The first-order valence-electron chi connectivity index (χ1n) is 12.2. The van der Waals surface area contributed by atoms with E-state index in [0.717, 1.165) is 44.8 Å². The Bertz CT molecular complexity index is 1350. The highest BCUT2D eigenvalue weighted by Crippen LogP contribution is 2.34. The Labute approximate surface area is 229 Å². The quantitative estimate of drug-likeness (QED) is 0.243. The highest BCUT2D eigenvalue weighted by molar-refractivity contribution is 8.12. The molecule has 0 spiro atoms. The van der Waals surface area contributed by atoms with Crippen LogP contribution in [-0.2, 0) is 16.1 Å². The molecular weight excluding hydrogens is 528 g/mol. The van der Waals surface area contributed by atoms with E-state index in [4.69, 9.17) is 9.15 Å². The molecule has 3 heterocycles. The SMILES string of the molecule is CN(Cc1ccc(-c2nnc(C(F)F)o2)cn1)c1ccc(C2=CCN(C(=O)OC(C)(C)C)CC2)cc1SC=O. The minimum atomic E-state index is -2.83. The lowest BCUT2D eigenvalue weighted by Gasteiger charge is -2.30. The van der Waals surface area contributed by atoms with Crippen LogP contribution in [0.3, 0.4) is 0 Å². The minimum Gasteiger partial charge on any atom is -0.444 e. The van der Waals surface area contributed by atoms with Crippen LogP contribution in [0.4, 0.5) is 19.3 Å². The van der Waals surface area contributed by atoms with Crippen LogP contribution in [0, 0.1) is 0 Å². The topological polar surface area (TPSA) is 102 Å². The first-order valence-corrected chi connectivity index (χ1v) is 13.1. The number of nitrogens with zero attached hydrogens (tertiary/aromatic N) is 5. The molecule has 39 heavy (non-hydrogen) atoms. The highest BCUT2D eigenvalue weighted by atomic mass is 32.2. The van der Waals surface area contributed by atoms with Crippen LogP contribution >= 0.6 is 11.8 Å². The average Bonchev–Trinajstić information content (AvgIpc) is 3.39. The molecule has 1 amide bonds. The Morgan fingerprint density at radius 1 is 1.23 bits per heavy atom. The van der Waals surface area contributed by atoms with Crippen molar-refractivity contribution in [1.29, 1.82) is 0 Å². The van der Waals surface area contributed by atoms with Gasteiger partial charge in [0.15, 0.2) is 5.62 Å². The zero-order valence-electron chi connectivity index (χ0n) is 22.1. The molecule has 0 N–H and O–H groups in total. The summed E-state index contributed by atoms with van der Waals surface area (Å²) in [4.78, 5) is 32.6. The second kappa shape index (κ2) is 11.9. The van der Waals surface area contributed by atoms with Gasteiger partial charge in [0.05, 0.1) is 23.5 Å². The van der Waals surface area contributed by atoms with E-state index in [1.54, 1.807) is 17.0 Å². The van der Waals surface area contributed by atoms with Gasteiger partial charge in [0.1, 0.15) is 5.60 Å². The predicted molar refractivity (Wildman–Crippen MR) is 144 cm³/mol. The fourth-order valence-electron chi connectivity index (χ4n) is 4.01. The van der Waals surface area contributed by atoms with Crippen LogP contribution in [0.2, 0.25) is 0 Å². The van der Waals surface area contributed by atoms with Gasteiger partial charge in [0, 0.05) is 31.2 Å². The molecule has 206 valence electrons. The van der Waals surface area contributed by atoms with E-state index in [-0.39, 0.29) is 12.0 Å². The Kier molecular flexibility index (Phi) is 8.63. The summed E-state index contributed by atoms with van der Waals surface area (Å²) in [5, 5.41) is 6.97. The second-order valence-electron chi connectivity index (χ2n) is 9.94. The third-order valence-electron chi connectivity index (χ3n) is 5.88. The lowest BCUT2D eigenvalue weighted by atomic mass is 9.99. The van der Waals surface area contributed by atoms with Crippen molar-refractivity contribution in [2.45, 2.75) is 50.7 Å². The highest BCUT2D eigenvalue weighted by Gasteiger charge is 2.24. The van der Waals surface area contributed by atoms with E-state index in [9.17, 15) is 18.4 Å². The van der Waals surface area contributed by atoms with Crippen molar-refractivity contribution in [3.63, 3.8) is 0 Å². The summed E-state index contributed by atoms with van der Waals surface area (Å²) in [5.74, 6) is -0.758. The number of rotatable bonds is 8. The molecule has 4 rings (SSSR count). The Hall–Kier alpha value is -3.80. The molecule has 0 unspecified atom stereocenters. The van der Waals surface area contributed by atoms with E-state index >= 15 is 0 Å². The zero-order valence-corrected chi connectivity index (χ0v) is 22.9. The number of pyridine rings is 1. The fraction of sp³-hybridized carbons (Fsp3) is 0.370. The van der Waals surface area contributed by atoms with Gasteiger partial charge in [-0.05, 0) is 62.6 Å². The molecule has 2 aromatic heterocycles. The van der Waals surface area contributed by atoms with Gasteiger partial charge in [-0.1, -0.05) is 23.9 Å². The molecule has 0 fully saturated rings. The number of alkyl halides is 2. The van der Waals surface area contributed by atoms with Crippen LogP contribution in [0.1, 0.15) is 50.8 Å². The molecule has 0 aliphatic carbocycles. The van der Waals surface area contributed by atoms with Gasteiger partial charge in [-0.25, -0.2) is 4.79 Å². The number of halogens is 2. The lowest BCUT2D eigenvalue weighted by Crippen LogP contribution is -2.39. The lowest BCUT2D eigenvalue weighted by molar-refractivity contribution is 0.0270. The Morgan fingerprint density at radius 2 is 2.00 bits per heavy atom. The summed E-state index contributed by atoms with van der Waals surface area (Å²) in [6, 6.07) is 9.37. The van der Waals surface area contributed by atoms with Gasteiger partial charge in [-0.15, -0.1) is 10.2 Å². The molecule has 3 aromatic rings. The van der Waals surface area contributed by atoms with Crippen molar-refractivity contribution >= 4 is 34.7 Å². The third-order valence-corrected chi connectivity index (χ3v) is 6.55. The van der Waals surface area contributed by atoms with E-state index in [2.05, 4.69) is 15.2 Å². The van der Waals surface area contributed by atoms with Crippen molar-refractivity contribution in [3.05, 3.63) is 59.8 Å². The molecule has 0 atom stereocenters. The van der Waals surface area contributed by atoms with E-state index < -0.39 is 17.9 Å². The van der Waals surface area contributed by atoms with E-state index in [0.29, 0.717) is 31.6 Å². The number of hydrogen-bond acceptors (Lipinski definition) is 9. The molecule has 1 aliphatic heterocycles. The van der Waals surface area contributed by atoms with E-state index in [1.807, 2.05) is 57.0 Å². The summed E-state index contributed by atoms with van der Waals surface area (Å²) < 4.78 is 35.9. The molecule has 1 aromatic carbocycles. The first kappa shape index (κ1) is 28.2. The summed E-state index contributed by atoms with van der Waals surface area (Å²) >= 11 is 1.09. The van der Waals surface area contributed by atoms with Gasteiger partial charge in [-0.2, -0.15) is 8.78 Å². The van der Waals surface area contributed by atoms with Gasteiger partial charge >= 0.3 is 12.5 Å². The van der Waals surface area contributed by atoms with E-state index in [1.165, 1.54) is 6.20 Å². The number of aromatic nitrogens is 3. The Morgan fingerprint density at radius 3 is 2.59 bits per heavy atom. The molecule has 0 bridgehead atoms. The third kappa shape index (κ3) is 7.20. The van der Waals surface area contributed by atoms with Crippen molar-refractivity contribution in [1.82, 2.24) is 20.1 Å². The molecule has 0 saturated carbocycles. The van der Waals surface area contributed by atoms with Crippen LogP contribution in [0.25, 0.3) is 17.0 Å². The molecule has 0 radical (unpaired) electrons. The predicted octanol–water partition coefficient (Wildman–Crippen LogP) is 6.01. The smallest absolute Gasteiger partial charge is 0.410 e. The van der Waals surface area contributed by atoms with Gasteiger partial charge < -0.3 is 19.0 Å². The summed E-state index contributed by atoms with van der Waals surface area (Å²) in [6.07, 6.45) is 1.02. The number of carbonyl (C=O) groups is 2. The number of thioether (sulfide) groups is 1. The van der Waals surface area contributed by atoms with Crippen molar-refractivity contribution in [3.8, 4) is 11.5 Å². The Balaban J connectivity index is 1.45. The molecule has 0 saturated heterocycles. The summed E-state index contributed by atoms with van der Waals surface area (Å²) in [7, 11) is 1.89. The number of benzene rings is 1. The monoisotopic (exact) mass is 557 g/mol. The average molecular weight is 558 g/mol. The van der Waals surface area contributed by atoms with Crippen LogP contribution in [-0.4, -0.2) is 57.5 Å². The van der Waals surface area contributed by atoms with Crippen molar-refractivity contribution in [2.24, 2.45) is 0 Å². The molecule has 1 aliphatic rings. The fourth-order valence-corrected chi connectivity index (χ4v) is 4.65. The first-order chi connectivity index (χ1) is 18.5. The van der Waals surface area contributed by atoms with Crippen molar-refractivity contribution in [2.75, 3.05) is 25.0 Å². The van der Waals surface area contributed by atoms with Gasteiger partial charge in [0.2, 0.25) is 5.89 Å². The number of anilines is 1. The molecule has 12 heteroatoms. The number of ether oxygens (including phenoxy) is 1. The van der Waals surface area contributed by atoms with Gasteiger partial charge in [0.25, 0.3) is 5.89 Å². The maximum absolute atomic E-state index is 12.7. The maximum atomic E-state index is 12.7. The zero-order chi connectivity index (χ0) is 28.2. The summed E-state index contributed by atoms with van der Waals surface area (Å²) in [5.41, 5.74) is 4.35. The van der Waals surface area contributed by atoms with Crippen LogP contribution < -0.4 is 4.90 Å². The number of carbonyl (C=O) groups excluding carboxylic acids is 2. The summed E-state index contributed by atoms with van der Waals surface area (Å²) in [6.45, 7) is 6.97. The van der Waals surface area contributed by atoms with Crippen molar-refractivity contribution < 1.29 is 27.5 Å². The number of hydrogen-bond donors (Lipinski definition) is 0.